The van der Waals surface area contributed by atoms with E-state index in [4.69, 9.17) is 5.26 Å². The minimum absolute atomic E-state index is 0.0548. The number of nitrogens with zero attached hydrogens (tertiary/aromatic N) is 4. The van der Waals surface area contributed by atoms with E-state index >= 15 is 0 Å². The fraction of sp³-hybridized carbons (Fsp3) is 0. The van der Waals surface area contributed by atoms with Crippen molar-refractivity contribution in [3.63, 3.8) is 0 Å². The Kier molecular flexibility index (Phi) is 5.60. The highest BCUT2D eigenvalue weighted by molar-refractivity contribution is 9.10. The second kappa shape index (κ2) is 7.67. The number of azo groups is 1. The van der Waals surface area contributed by atoms with E-state index in [1.807, 2.05) is 42.5 Å². The smallest absolute Gasteiger partial charge is 0.270 e. The molecule has 0 aliphatic heterocycles. The topological polar surface area (TPSA) is 72.9 Å². The molecular weight excluding hydrogens is 398 g/mol. The van der Waals surface area contributed by atoms with Crippen molar-refractivity contribution in [3.05, 3.63) is 57.5 Å². The van der Waals surface area contributed by atoms with Crippen molar-refractivity contribution >= 4 is 49.1 Å². The van der Waals surface area contributed by atoms with Gasteiger partial charge in [0, 0.05) is 8.95 Å². The van der Waals surface area contributed by atoms with E-state index in [1.54, 1.807) is 12.1 Å². The Hall–Kier alpha value is -2.04. The van der Waals surface area contributed by atoms with Gasteiger partial charge in [-0.25, -0.2) is 0 Å². The van der Waals surface area contributed by atoms with E-state index in [0.29, 0.717) is 5.69 Å². The first-order valence-electron chi connectivity index (χ1n) is 5.84. The molecule has 0 heterocycles. The lowest BCUT2D eigenvalue weighted by molar-refractivity contribution is 1.23. The number of halogens is 2. The maximum Gasteiger partial charge on any atom is 0.270 e. The van der Waals surface area contributed by atoms with Gasteiger partial charge < -0.3 is 0 Å². The van der Waals surface area contributed by atoms with Gasteiger partial charge in [-0.3, -0.25) is 5.43 Å². The van der Waals surface area contributed by atoms with Crippen LogP contribution in [0, 0.1) is 11.3 Å². The molecule has 2 aromatic rings. The molecule has 5 nitrogen and oxygen atoms in total. The minimum Gasteiger partial charge on any atom is -0.276 e. The first-order valence-corrected chi connectivity index (χ1v) is 7.42. The average molecular weight is 407 g/mol. The van der Waals surface area contributed by atoms with Crippen molar-refractivity contribution in [1.82, 2.24) is 0 Å². The van der Waals surface area contributed by atoms with Gasteiger partial charge in [0.2, 0.25) is 0 Å². The largest absolute Gasteiger partial charge is 0.276 e. The highest BCUT2D eigenvalue weighted by atomic mass is 79.9. The Labute approximate surface area is 138 Å². The van der Waals surface area contributed by atoms with E-state index in [-0.39, 0.29) is 5.84 Å². The maximum absolute atomic E-state index is 8.98. The van der Waals surface area contributed by atoms with Crippen LogP contribution in [-0.4, -0.2) is 5.84 Å². The molecule has 0 aliphatic rings. The molecule has 0 amide bonds. The number of hydrazone groups is 1. The zero-order valence-electron chi connectivity index (χ0n) is 10.7. The zero-order valence-corrected chi connectivity index (χ0v) is 13.8. The predicted molar refractivity (Wildman–Crippen MR) is 89.5 cm³/mol. The first kappa shape index (κ1) is 15.4. The van der Waals surface area contributed by atoms with Gasteiger partial charge >= 0.3 is 0 Å². The summed E-state index contributed by atoms with van der Waals surface area (Å²) < 4.78 is 1.92. The second-order valence-electron chi connectivity index (χ2n) is 3.84. The fourth-order valence-electron chi connectivity index (χ4n) is 1.32. The normalized spacial score (nSPS) is 11.4. The van der Waals surface area contributed by atoms with Gasteiger partial charge in [0.25, 0.3) is 5.84 Å². The maximum atomic E-state index is 8.98. The van der Waals surface area contributed by atoms with Crippen LogP contribution in [0.2, 0.25) is 0 Å². The molecule has 2 rings (SSSR count). The Bertz CT molecular complexity index is 700. The van der Waals surface area contributed by atoms with Crippen LogP contribution >= 0.6 is 31.9 Å². The number of amidine groups is 1. The number of nitriles is 1. The number of hydrogen-bond acceptors (Lipinski definition) is 4. The Morgan fingerprint density at radius 2 is 1.52 bits per heavy atom. The summed E-state index contributed by atoms with van der Waals surface area (Å²) in [7, 11) is 0. The van der Waals surface area contributed by atoms with Gasteiger partial charge in [-0.2, -0.15) is 5.26 Å². The monoisotopic (exact) mass is 405 g/mol. The van der Waals surface area contributed by atoms with E-state index in [1.165, 1.54) is 0 Å². The highest BCUT2D eigenvalue weighted by Crippen LogP contribution is 2.17. The predicted octanol–water partition coefficient (Wildman–Crippen LogP) is 5.24. The first-order chi connectivity index (χ1) is 10.2. The lowest BCUT2D eigenvalue weighted by atomic mass is 10.3. The third-order valence-electron chi connectivity index (χ3n) is 2.32. The van der Waals surface area contributed by atoms with Gasteiger partial charge in [-0.15, -0.1) is 15.3 Å². The van der Waals surface area contributed by atoms with Crippen LogP contribution < -0.4 is 5.43 Å². The number of hydrogen-bond donors (Lipinski definition) is 1. The summed E-state index contributed by atoms with van der Waals surface area (Å²) in [5, 5.41) is 20.6. The van der Waals surface area contributed by atoms with Gasteiger partial charge in [-0.05, 0) is 48.5 Å². The molecule has 7 heteroatoms. The molecule has 0 spiro atoms. The Balaban J connectivity index is 2.05. The summed E-state index contributed by atoms with van der Waals surface area (Å²) in [6.07, 6.45) is 0. The lowest BCUT2D eigenvalue weighted by Crippen LogP contribution is -1.95. The molecule has 0 atom stereocenters. The molecule has 21 heavy (non-hydrogen) atoms. The Morgan fingerprint density at radius 1 is 0.952 bits per heavy atom. The van der Waals surface area contributed by atoms with Gasteiger partial charge in [0.15, 0.2) is 0 Å². The van der Waals surface area contributed by atoms with Gasteiger partial charge in [-0.1, -0.05) is 31.9 Å². The van der Waals surface area contributed by atoms with Crippen molar-refractivity contribution in [2.45, 2.75) is 0 Å². The van der Waals surface area contributed by atoms with Crippen LogP contribution in [0.15, 0.2) is 72.8 Å². The fourth-order valence-corrected chi connectivity index (χ4v) is 1.85. The van der Waals surface area contributed by atoms with E-state index in [2.05, 4.69) is 52.6 Å². The molecule has 0 saturated carbocycles. The molecule has 0 saturated heterocycles. The van der Waals surface area contributed by atoms with Crippen LogP contribution in [0.1, 0.15) is 0 Å². The summed E-state index contributed by atoms with van der Waals surface area (Å²) in [5.74, 6) is -0.0548. The average Bonchev–Trinajstić information content (AvgIpc) is 2.51. The van der Waals surface area contributed by atoms with E-state index in [0.717, 1.165) is 14.6 Å². The van der Waals surface area contributed by atoms with E-state index in [9.17, 15) is 0 Å². The van der Waals surface area contributed by atoms with Crippen LogP contribution in [-0.2, 0) is 0 Å². The van der Waals surface area contributed by atoms with Gasteiger partial charge in [0.1, 0.15) is 6.07 Å². The number of benzene rings is 2. The van der Waals surface area contributed by atoms with E-state index < -0.39 is 0 Å². The molecule has 0 unspecified atom stereocenters. The molecule has 0 aliphatic carbocycles. The van der Waals surface area contributed by atoms with Crippen molar-refractivity contribution in [3.8, 4) is 6.07 Å². The SMILES string of the molecule is N#CC(N=Nc1ccc(Br)cc1)=NNc1ccc(Br)cc1. The third-order valence-corrected chi connectivity index (χ3v) is 3.38. The van der Waals surface area contributed by atoms with Crippen molar-refractivity contribution < 1.29 is 0 Å². The molecule has 0 radical (unpaired) electrons. The number of nitrogens with one attached hydrogen (secondary N) is 1. The van der Waals surface area contributed by atoms with Gasteiger partial charge in [0.05, 0.1) is 11.4 Å². The summed E-state index contributed by atoms with van der Waals surface area (Å²) >= 11 is 6.68. The van der Waals surface area contributed by atoms with Crippen molar-refractivity contribution in [2.24, 2.45) is 15.3 Å². The molecule has 0 aromatic heterocycles. The highest BCUT2D eigenvalue weighted by Gasteiger charge is 1.96. The number of anilines is 1. The Morgan fingerprint density at radius 3 is 2.10 bits per heavy atom. The summed E-state index contributed by atoms with van der Waals surface area (Å²) in [4.78, 5) is 0. The van der Waals surface area contributed by atoms with Crippen molar-refractivity contribution in [2.75, 3.05) is 5.43 Å². The van der Waals surface area contributed by atoms with Crippen molar-refractivity contribution in [1.29, 1.82) is 5.26 Å². The van der Waals surface area contributed by atoms with Crippen LogP contribution in [0.3, 0.4) is 0 Å². The third kappa shape index (κ3) is 5.10. The summed E-state index contributed by atoms with van der Waals surface area (Å²) in [6, 6.07) is 16.5. The van der Waals surface area contributed by atoms with Crippen LogP contribution in [0.25, 0.3) is 0 Å². The second-order valence-corrected chi connectivity index (χ2v) is 5.67. The minimum atomic E-state index is -0.0548. The molecule has 2 aromatic carbocycles. The quantitative estimate of drug-likeness (QED) is 0.327. The molecular formula is C14H9Br2N5. The molecule has 0 fully saturated rings. The van der Waals surface area contributed by atoms with Crippen LogP contribution in [0.4, 0.5) is 11.4 Å². The summed E-state index contributed by atoms with van der Waals surface area (Å²) in [6.45, 7) is 0. The summed E-state index contributed by atoms with van der Waals surface area (Å²) in [5.41, 5.74) is 4.15. The molecule has 0 bridgehead atoms. The van der Waals surface area contributed by atoms with Crippen LogP contribution in [0.5, 0.6) is 0 Å². The number of rotatable bonds is 3. The standard InChI is InChI=1S/C14H9Br2N5/c15-10-1-5-12(6-2-10)18-20-14(9-17)21-19-13-7-3-11(16)4-8-13/h1-8,18H. The molecule has 1 N–H and O–H groups in total. The molecule has 104 valence electrons. The zero-order chi connectivity index (χ0) is 15.1. The lowest BCUT2D eigenvalue weighted by Gasteiger charge is -1.99.